The molecule has 2 N–H and O–H groups in total. The second kappa shape index (κ2) is 12.2. The first-order valence-corrected chi connectivity index (χ1v) is 10.4. The summed E-state index contributed by atoms with van der Waals surface area (Å²) in [4.78, 5) is 30.3. The van der Waals surface area contributed by atoms with Gasteiger partial charge in [0, 0.05) is 0 Å². The van der Waals surface area contributed by atoms with Gasteiger partial charge in [-0.1, -0.05) is 34.9 Å². The monoisotopic (exact) mass is 372 g/mol. The number of allylic oxidation sites excluding steroid dienone is 6. The van der Waals surface area contributed by atoms with Gasteiger partial charge in [0.2, 0.25) is 0 Å². The molecule has 0 aliphatic rings. The van der Waals surface area contributed by atoms with Crippen LogP contribution in [0.4, 0.5) is 0 Å². The zero-order valence-electron chi connectivity index (χ0n) is 16.1. The minimum Gasteiger partial charge on any atom is -0.465 e. The van der Waals surface area contributed by atoms with Crippen molar-refractivity contribution in [2.75, 3.05) is 6.61 Å². The van der Waals surface area contributed by atoms with E-state index in [4.69, 9.17) is 4.74 Å². The number of hydrogen-bond donors (Lipinski definition) is 2. The van der Waals surface area contributed by atoms with Crippen LogP contribution >= 0.6 is 7.60 Å². The second-order valence-electron chi connectivity index (χ2n) is 6.55. The normalized spacial score (nSPS) is 14.2. The molecule has 0 aromatic rings. The molecule has 0 aliphatic heterocycles. The molecule has 0 aromatic carbocycles. The largest absolute Gasteiger partial charge is 0.465 e. The molecule has 5 nitrogen and oxygen atoms in total. The number of carbonyl (C=O) groups is 1. The molecule has 0 amide bonds. The van der Waals surface area contributed by atoms with Crippen LogP contribution in [0, 0.1) is 0 Å². The van der Waals surface area contributed by atoms with E-state index in [1.54, 1.807) is 13.0 Å². The van der Waals surface area contributed by atoms with Crippen LogP contribution in [0.25, 0.3) is 0 Å². The molecule has 0 fully saturated rings. The highest BCUT2D eigenvalue weighted by atomic mass is 31.2. The van der Waals surface area contributed by atoms with E-state index in [1.165, 1.54) is 11.1 Å². The molecule has 0 saturated heterocycles. The van der Waals surface area contributed by atoms with Gasteiger partial charge in [0.25, 0.3) is 0 Å². The van der Waals surface area contributed by atoms with Crippen molar-refractivity contribution in [3.63, 3.8) is 0 Å². The Labute approximate surface area is 152 Å². The van der Waals surface area contributed by atoms with E-state index in [0.717, 1.165) is 31.3 Å². The van der Waals surface area contributed by atoms with E-state index in [1.807, 2.05) is 6.92 Å². The molecule has 1 unspecified atom stereocenters. The van der Waals surface area contributed by atoms with Gasteiger partial charge in [-0.3, -0.25) is 9.36 Å². The van der Waals surface area contributed by atoms with Crippen molar-refractivity contribution in [3.05, 3.63) is 34.9 Å². The minimum atomic E-state index is -4.52. The smallest absolute Gasteiger partial charge is 0.340 e. The van der Waals surface area contributed by atoms with E-state index in [2.05, 4.69) is 32.9 Å². The maximum absolute atomic E-state index is 11.7. The van der Waals surface area contributed by atoms with Crippen LogP contribution in [0.3, 0.4) is 0 Å². The number of esters is 1. The fourth-order valence-electron chi connectivity index (χ4n) is 2.26. The van der Waals surface area contributed by atoms with Gasteiger partial charge in [-0.15, -0.1) is 0 Å². The van der Waals surface area contributed by atoms with E-state index in [-0.39, 0.29) is 13.0 Å². The standard InChI is InChI=1S/C19H33O5P/c1-6-24-19(20)18(25(21,22)23)14-13-17(5)12-8-11-16(4)10-7-9-15(2)3/h9,11,13,18H,6-8,10,12,14H2,1-5H3,(H2,21,22,23)/b16-11+,17-13+. The lowest BCUT2D eigenvalue weighted by Gasteiger charge is -2.15. The van der Waals surface area contributed by atoms with Crippen molar-refractivity contribution >= 4 is 13.6 Å². The van der Waals surface area contributed by atoms with E-state index >= 15 is 0 Å². The summed E-state index contributed by atoms with van der Waals surface area (Å²) < 4.78 is 16.2. The third kappa shape index (κ3) is 11.9. The molecule has 144 valence electrons. The van der Waals surface area contributed by atoms with Crippen LogP contribution in [0.1, 0.15) is 66.7 Å². The van der Waals surface area contributed by atoms with Crippen molar-refractivity contribution in [2.45, 2.75) is 72.4 Å². The summed E-state index contributed by atoms with van der Waals surface area (Å²) in [5.41, 5.74) is 2.26. The van der Waals surface area contributed by atoms with Crippen molar-refractivity contribution in [1.29, 1.82) is 0 Å². The summed E-state index contributed by atoms with van der Waals surface area (Å²) in [5.74, 6) is -0.838. The van der Waals surface area contributed by atoms with Crippen LogP contribution in [0.5, 0.6) is 0 Å². The molecule has 0 aliphatic carbocycles. The molecule has 0 radical (unpaired) electrons. The second-order valence-corrected chi connectivity index (χ2v) is 8.35. The molecule has 0 bridgehead atoms. The summed E-state index contributed by atoms with van der Waals surface area (Å²) in [6, 6.07) is 0. The van der Waals surface area contributed by atoms with E-state index in [0.29, 0.717) is 0 Å². The van der Waals surface area contributed by atoms with Gasteiger partial charge in [-0.05, 0) is 66.7 Å². The lowest BCUT2D eigenvalue weighted by molar-refractivity contribution is -0.142. The highest BCUT2D eigenvalue weighted by Gasteiger charge is 2.35. The highest BCUT2D eigenvalue weighted by Crippen LogP contribution is 2.44. The van der Waals surface area contributed by atoms with Crippen molar-refractivity contribution in [1.82, 2.24) is 0 Å². The summed E-state index contributed by atoms with van der Waals surface area (Å²) in [6.07, 6.45) is 9.91. The topological polar surface area (TPSA) is 83.8 Å². The number of rotatable bonds is 11. The van der Waals surface area contributed by atoms with Gasteiger partial charge >= 0.3 is 13.6 Å². The summed E-state index contributed by atoms with van der Waals surface area (Å²) in [7, 11) is -4.52. The molecule has 0 spiro atoms. The van der Waals surface area contributed by atoms with Crippen LogP contribution in [-0.4, -0.2) is 28.0 Å². The zero-order chi connectivity index (χ0) is 19.5. The lowest BCUT2D eigenvalue weighted by atomic mass is 10.1. The van der Waals surface area contributed by atoms with Gasteiger partial charge in [0.1, 0.15) is 0 Å². The van der Waals surface area contributed by atoms with Crippen molar-refractivity contribution in [3.8, 4) is 0 Å². The maximum Gasteiger partial charge on any atom is 0.340 e. The van der Waals surface area contributed by atoms with Gasteiger partial charge < -0.3 is 14.5 Å². The zero-order valence-corrected chi connectivity index (χ0v) is 17.0. The Hall–Kier alpha value is -1.16. The summed E-state index contributed by atoms with van der Waals surface area (Å²) in [5, 5.41) is 0. The third-order valence-electron chi connectivity index (χ3n) is 3.78. The Morgan fingerprint density at radius 3 is 2.00 bits per heavy atom. The molecule has 0 heterocycles. The molecule has 0 saturated carbocycles. The molecular formula is C19H33O5P. The Bertz CT molecular complexity index is 550. The highest BCUT2D eigenvalue weighted by molar-refractivity contribution is 7.53. The van der Waals surface area contributed by atoms with Gasteiger partial charge in [0.05, 0.1) is 6.61 Å². The van der Waals surface area contributed by atoms with Gasteiger partial charge in [-0.2, -0.15) is 0 Å². The molecule has 0 aromatic heterocycles. The number of ether oxygens (including phenoxy) is 1. The molecule has 0 rings (SSSR count). The first-order valence-electron chi connectivity index (χ1n) is 8.74. The van der Waals surface area contributed by atoms with Crippen LogP contribution in [0.15, 0.2) is 34.9 Å². The van der Waals surface area contributed by atoms with Gasteiger partial charge in [-0.25, -0.2) is 0 Å². The molecule has 25 heavy (non-hydrogen) atoms. The fraction of sp³-hybridized carbons (Fsp3) is 0.632. The molecular weight excluding hydrogens is 339 g/mol. The van der Waals surface area contributed by atoms with E-state index in [9.17, 15) is 19.1 Å². The Morgan fingerprint density at radius 1 is 1.00 bits per heavy atom. The lowest BCUT2D eigenvalue weighted by Crippen LogP contribution is -2.23. The SMILES string of the molecule is CCOC(=O)C(C/C=C(\C)CC/C=C(\C)CCC=C(C)C)P(=O)(O)O. The third-order valence-corrected chi connectivity index (χ3v) is 5.01. The van der Waals surface area contributed by atoms with Gasteiger partial charge in [0.15, 0.2) is 5.66 Å². The Balaban J connectivity index is 4.53. The predicted octanol–water partition coefficient (Wildman–Crippen LogP) is 4.91. The number of carbonyl (C=O) groups excluding carboxylic acids is 1. The Morgan fingerprint density at radius 2 is 1.52 bits per heavy atom. The molecule has 6 heteroatoms. The van der Waals surface area contributed by atoms with Crippen LogP contribution in [-0.2, 0) is 14.1 Å². The van der Waals surface area contributed by atoms with Crippen molar-refractivity contribution < 1.29 is 23.9 Å². The predicted molar refractivity (Wildman–Crippen MR) is 102 cm³/mol. The van der Waals surface area contributed by atoms with Crippen molar-refractivity contribution in [2.24, 2.45) is 0 Å². The molecule has 1 atom stereocenters. The van der Waals surface area contributed by atoms with E-state index < -0.39 is 19.2 Å². The fourth-order valence-corrected chi connectivity index (χ4v) is 2.99. The number of hydrogen-bond acceptors (Lipinski definition) is 3. The average Bonchev–Trinajstić information content (AvgIpc) is 2.45. The average molecular weight is 372 g/mol. The quantitative estimate of drug-likeness (QED) is 0.306. The first kappa shape index (κ1) is 23.8. The first-order chi connectivity index (χ1) is 11.6. The maximum atomic E-state index is 11.7. The Kier molecular flexibility index (Phi) is 11.7. The summed E-state index contributed by atoms with van der Waals surface area (Å²) in [6.45, 7) is 9.93. The van der Waals surface area contributed by atoms with Crippen LogP contribution in [0.2, 0.25) is 0 Å². The summed E-state index contributed by atoms with van der Waals surface area (Å²) >= 11 is 0. The van der Waals surface area contributed by atoms with Crippen LogP contribution < -0.4 is 0 Å². The minimum absolute atomic E-state index is 0.00177.